The third-order valence-electron chi connectivity index (χ3n) is 2.55. The molecule has 90 valence electrons. The van der Waals surface area contributed by atoms with Crippen LogP contribution in [-0.4, -0.2) is 30.7 Å². The van der Waals surface area contributed by atoms with E-state index in [0.29, 0.717) is 11.8 Å². The lowest BCUT2D eigenvalue weighted by molar-refractivity contribution is -0.893. The molecule has 3 heteroatoms. The normalized spacial score (nSPS) is 11.7. The van der Waals surface area contributed by atoms with Crippen LogP contribution in [0.4, 0.5) is 0 Å². The number of aliphatic carboxylic acids is 1. The molecule has 2 N–H and O–H groups in total. The van der Waals surface area contributed by atoms with E-state index in [0.717, 1.165) is 25.9 Å². The van der Waals surface area contributed by atoms with E-state index in [4.69, 9.17) is 5.11 Å². The highest BCUT2D eigenvalue weighted by Gasteiger charge is 2.14. The highest BCUT2D eigenvalue weighted by atomic mass is 16.4. The maximum atomic E-state index is 10.7. The Labute approximate surface area is 93.5 Å². The topological polar surface area (TPSA) is 41.7 Å². The highest BCUT2D eigenvalue weighted by Crippen LogP contribution is 1.97. The Hall–Kier alpha value is -0.570. The van der Waals surface area contributed by atoms with Crippen LogP contribution in [0.3, 0.4) is 0 Å². The van der Waals surface area contributed by atoms with Crippen molar-refractivity contribution in [3.63, 3.8) is 0 Å². The first kappa shape index (κ1) is 14.4. The first-order chi connectivity index (χ1) is 6.91. The van der Waals surface area contributed by atoms with Crippen LogP contribution in [0, 0.1) is 11.8 Å². The van der Waals surface area contributed by atoms with Crippen molar-refractivity contribution in [2.75, 3.05) is 19.6 Å². The van der Waals surface area contributed by atoms with Gasteiger partial charge < -0.3 is 10.0 Å². The zero-order valence-electron chi connectivity index (χ0n) is 10.5. The van der Waals surface area contributed by atoms with E-state index in [2.05, 4.69) is 27.7 Å². The van der Waals surface area contributed by atoms with Crippen LogP contribution in [0.1, 0.15) is 40.5 Å². The number of hydrogen-bond donors (Lipinski definition) is 2. The molecule has 0 radical (unpaired) electrons. The van der Waals surface area contributed by atoms with Crippen molar-refractivity contribution in [3.8, 4) is 0 Å². The van der Waals surface area contributed by atoms with Crippen LogP contribution < -0.4 is 4.90 Å². The minimum Gasteiger partial charge on any atom is -0.477 e. The molecule has 0 aromatic rings. The van der Waals surface area contributed by atoms with Crippen molar-refractivity contribution in [1.29, 1.82) is 0 Å². The lowest BCUT2D eigenvalue weighted by atomic mass is 10.1. The van der Waals surface area contributed by atoms with Gasteiger partial charge in [0.1, 0.15) is 0 Å². The first-order valence-corrected chi connectivity index (χ1v) is 5.97. The molecule has 0 aliphatic carbocycles. The Balaban J connectivity index is 3.89. The summed E-state index contributed by atoms with van der Waals surface area (Å²) in [5.41, 5.74) is 0. The smallest absolute Gasteiger partial charge is 0.359 e. The molecule has 15 heavy (non-hydrogen) atoms. The minimum atomic E-state index is -0.683. The summed E-state index contributed by atoms with van der Waals surface area (Å²) in [6.07, 6.45) is 2.22. The van der Waals surface area contributed by atoms with Gasteiger partial charge in [0.2, 0.25) is 0 Å². The van der Waals surface area contributed by atoms with Crippen LogP contribution in [-0.2, 0) is 4.79 Å². The molecule has 0 unspecified atom stereocenters. The molecule has 3 nitrogen and oxygen atoms in total. The zero-order valence-corrected chi connectivity index (χ0v) is 10.5. The SMILES string of the molecule is CC(C)CC[NH+](CCC(C)C)CC(=O)O. The summed E-state index contributed by atoms with van der Waals surface area (Å²) in [6, 6.07) is 0. The van der Waals surface area contributed by atoms with Crippen molar-refractivity contribution in [2.24, 2.45) is 11.8 Å². The highest BCUT2D eigenvalue weighted by molar-refractivity contribution is 5.67. The summed E-state index contributed by atoms with van der Waals surface area (Å²) < 4.78 is 0. The molecule has 0 aliphatic heterocycles. The molecule has 0 fully saturated rings. The number of hydrogen-bond acceptors (Lipinski definition) is 1. The van der Waals surface area contributed by atoms with Crippen molar-refractivity contribution >= 4 is 5.97 Å². The van der Waals surface area contributed by atoms with Gasteiger partial charge in [-0.1, -0.05) is 27.7 Å². The maximum absolute atomic E-state index is 10.7. The largest absolute Gasteiger partial charge is 0.477 e. The summed E-state index contributed by atoms with van der Waals surface area (Å²) in [6.45, 7) is 11.0. The molecule has 0 rings (SSSR count). The van der Waals surface area contributed by atoms with Gasteiger partial charge in [0, 0.05) is 0 Å². The quantitative estimate of drug-likeness (QED) is 0.637. The number of quaternary nitrogens is 1. The third-order valence-corrected chi connectivity index (χ3v) is 2.55. The van der Waals surface area contributed by atoms with Gasteiger partial charge in [-0.25, -0.2) is 4.79 Å². The average molecular weight is 216 g/mol. The van der Waals surface area contributed by atoms with Gasteiger partial charge in [0.05, 0.1) is 13.1 Å². The predicted molar refractivity (Wildman–Crippen MR) is 62.1 cm³/mol. The molecule has 0 spiro atoms. The van der Waals surface area contributed by atoms with Gasteiger partial charge in [-0.3, -0.25) is 0 Å². The van der Waals surface area contributed by atoms with Crippen molar-refractivity contribution < 1.29 is 14.8 Å². The number of carboxylic acid groups (broad SMARTS) is 1. The molecule has 0 aliphatic rings. The van der Waals surface area contributed by atoms with Crippen LogP contribution in [0.15, 0.2) is 0 Å². The fourth-order valence-corrected chi connectivity index (χ4v) is 1.50. The summed E-state index contributed by atoms with van der Waals surface area (Å²) in [4.78, 5) is 11.9. The fraction of sp³-hybridized carbons (Fsp3) is 0.917. The number of rotatable bonds is 8. The standard InChI is InChI=1S/C12H25NO2/c1-10(2)5-7-13(9-12(14)15)8-6-11(3)4/h10-11H,5-9H2,1-4H3,(H,14,15)/p+1. The Kier molecular flexibility index (Phi) is 7.39. The van der Waals surface area contributed by atoms with Gasteiger partial charge in [0.15, 0.2) is 6.54 Å². The van der Waals surface area contributed by atoms with Gasteiger partial charge in [0.25, 0.3) is 0 Å². The van der Waals surface area contributed by atoms with Crippen molar-refractivity contribution in [3.05, 3.63) is 0 Å². The minimum absolute atomic E-state index is 0.263. The molecule has 0 saturated carbocycles. The third kappa shape index (κ3) is 9.73. The van der Waals surface area contributed by atoms with E-state index in [-0.39, 0.29) is 6.54 Å². The van der Waals surface area contributed by atoms with E-state index < -0.39 is 5.97 Å². The summed E-state index contributed by atoms with van der Waals surface area (Å²) in [5.74, 6) is 0.637. The molecule has 0 saturated heterocycles. The predicted octanol–water partition coefficient (Wildman–Crippen LogP) is 1.05. The molecule has 0 amide bonds. The molecule has 0 heterocycles. The second-order valence-electron chi connectivity index (χ2n) is 5.19. The number of nitrogens with one attached hydrogen (secondary N) is 1. The number of carboxylic acids is 1. The molecule has 0 bridgehead atoms. The van der Waals surface area contributed by atoms with Crippen LogP contribution in [0.25, 0.3) is 0 Å². The van der Waals surface area contributed by atoms with Crippen molar-refractivity contribution in [2.45, 2.75) is 40.5 Å². The first-order valence-electron chi connectivity index (χ1n) is 5.97. The summed E-state index contributed by atoms with van der Waals surface area (Å²) in [5, 5.41) is 8.79. The Bertz CT molecular complexity index is 166. The van der Waals surface area contributed by atoms with E-state index in [1.54, 1.807) is 0 Å². The Morgan fingerprint density at radius 1 is 1.07 bits per heavy atom. The monoisotopic (exact) mass is 216 g/mol. The van der Waals surface area contributed by atoms with Crippen LogP contribution in [0.5, 0.6) is 0 Å². The second-order valence-corrected chi connectivity index (χ2v) is 5.19. The summed E-state index contributed by atoms with van der Waals surface area (Å²) >= 11 is 0. The lowest BCUT2D eigenvalue weighted by Gasteiger charge is -2.19. The van der Waals surface area contributed by atoms with Crippen LogP contribution in [0.2, 0.25) is 0 Å². The van der Waals surface area contributed by atoms with E-state index >= 15 is 0 Å². The molecule has 0 aromatic heterocycles. The van der Waals surface area contributed by atoms with Gasteiger partial charge in [-0.15, -0.1) is 0 Å². The fourth-order valence-electron chi connectivity index (χ4n) is 1.50. The van der Waals surface area contributed by atoms with Crippen molar-refractivity contribution in [1.82, 2.24) is 0 Å². The molecule has 0 atom stereocenters. The van der Waals surface area contributed by atoms with Gasteiger partial charge in [-0.2, -0.15) is 0 Å². The van der Waals surface area contributed by atoms with E-state index in [1.807, 2.05) is 0 Å². The van der Waals surface area contributed by atoms with Gasteiger partial charge >= 0.3 is 5.97 Å². The maximum Gasteiger partial charge on any atom is 0.359 e. The zero-order chi connectivity index (χ0) is 11.8. The second kappa shape index (κ2) is 7.69. The van der Waals surface area contributed by atoms with Gasteiger partial charge in [-0.05, 0) is 24.7 Å². The number of carbonyl (C=O) groups is 1. The molecular weight excluding hydrogens is 190 g/mol. The average Bonchev–Trinajstić information content (AvgIpc) is 2.08. The molecule has 0 aromatic carbocycles. The molecular formula is C12H26NO2+. The Morgan fingerprint density at radius 2 is 1.47 bits per heavy atom. The lowest BCUT2D eigenvalue weighted by Crippen LogP contribution is -3.13. The van der Waals surface area contributed by atoms with E-state index in [9.17, 15) is 4.79 Å². The van der Waals surface area contributed by atoms with E-state index in [1.165, 1.54) is 4.90 Å². The summed E-state index contributed by atoms with van der Waals surface area (Å²) in [7, 11) is 0. The Morgan fingerprint density at radius 3 is 1.73 bits per heavy atom. The van der Waals surface area contributed by atoms with Crippen LogP contribution >= 0.6 is 0 Å².